The number of ether oxygens (including phenoxy) is 1. The number of nitrogens with zero attached hydrogens (tertiary/aromatic N) is 3. The van der Waals surface area contributed by atoms with Crippen molar-refractivity contribution in [1.82, 2.24) is 15.0 Å². The molecular weight excluding hydrogens is 246 g/mol. The number of hydrogen-bond acceptors (Lipinski definition) is 4. The number of carbonyl (C=O) groups is 1. The summed E-state index contributed by atoms with van der Waals surface area (Å²) >= 11 is 0. The molecule has 5 nitrogen and oxygen atoms in total. The summed E-state index contributed by atoms with van der Waals surface area (Å²) in [6, 6.07) is 0.986. The fourth-order valence-electron chi connectivity index (χ4n) is 1.37. The molecule has 0 radical (unpaired) electrons. The summed E-state index contributed by atoms with van der Waals surface area (Å²) in [5.74, 6) is -0.232. The molecule has 0 unspecified atom stereocenters. The lowest BCUT2D eigenvalue weighted by Crippen LogP contribution is -2.24. The van der Waals surface area contributed by atoms with E-state index >= 15 is 0 Å². The van der Waals surface area contributed by atoms with Gasteiger partial charge in [-0.1, -0.05) is 24.9 Å². The van der Waals surface area contributed by atoms with Gasteiger partial charge in [0.05, 0.1) is 25.4 Å². The van der Waals surface area contributed by atoms with Crippen molar-refractivity contribution >= 4 is 14.0 Å². The fraction of sp³-hybridized carbons (Fsp3) is 0.750. The van der Waals surface area contributed by atoms with E-state index in [0.717, 1.165) is 11.7 Å². The van der Waals surface area contributed by atoms with Crippen LogP contribution >= 0.6 is 0 Å². The van der Waals surface area contributed by atoms with Gasteiger partial charge in [0.25, 0.3) is 0 Å². The Morgan fingerprint density at radius 2 is 2.00 bits per heavy atom. The van der Waals surface area contributed by atoms with Crippen LogP contribution < -0.4 is 0 Å². The average Bonchev–Trinajstić information content (AvgIpc) is 2.57. The van der Waals surface area contributed by atoms with Crippen molar-refractivity contribution in [2.75, 3.05) is 0 Å². The summed E-state index contributed by atoms with van der Waals surface area (Å²) in [5.41, 5.74) is 0.489. The van der Waals surface area contributed by atoms with E-state index in [9.17, 15) is 4.79 Å². The van der Waals surface area contributed by atoms with Crippen molar-refractivity contribution < 1.29 is 9.53 Å². The Labute approximate surface area is 110 Å². The van der Waals surface area contributed by atoms with Crippen molar-refractivity contribution in [2.45, 2.75) is 53.2 Å². The third-order valence-corrected chi connectivity index (χ3v) is 3.66. The molecule has 1 rings (SSSR count). The second kappa shape index (κ2) is 5.22. The first-order valence-electron chi connectivity index (χ1n) is 6.14. The van der Waals surface area contributed by atoms with Gasteiger partial charge in [-0.3, -0.25) is 4.79 Å². The monoisotopic (exact) mass is 269 g/mol. The Morgan fingerprint density at radius 3 is 2.50 bits per heavy atom. The summed E-state index contributed by atoms with van der Waals surface area (Å²) in [6.45, 7) is 12.5. The van der Waals surface area contributed by atoms with Crippen LogP contribution in [0.5, 0.6) is 0 Å². The number of aromatic nitrogens is 3. The summed E-state index contributed by atoms with van der Waals surface area (Å²) < 4.78 is 6.74. The molecule has 0 N–H and O–H groups in total. The van der Waals surface area contributed by atoms with E-state index in [1.807, 2.05) is 27.0 Å². The minimum Gasteiger partial charge on any atom is -0.442 e. The topological polar surface area (TPSA) is 57.0 Å². The largest absolute Gasteiger partial charge is 0.442 e. The van der Waals surface area contributed by atoms with Gasteiger partial charge in [-0.25, -0.2) is 4.68 Å². The summed E-state index contributed by atoms with van der Waals surface area (Å²) in [7, 11) is -1.18. The molecule has 1 heterocycles. The Kier molecular flexibility index (Phi) is 4.31. The minimum absolute atomic E-state index is 0.134. The molecule has 0 aliphatic heterocycles. The molecule has 0 saturated heterocycles. The molecule has 0 atom stereocenters. The molecule has 0 aliphatic rings. The van der Waals surface area contributed by atoms with Crippen molar-refractivity contribution in [2.24, 2.45) is 5.41 Å². The van der Waals surface area contributed by atoms with Crippen molar-refractivity contribution in [3.8, 4) is 0 Å². The van der Waals surface area contributed by atoms with Crippen LogP contribution in [0.1, 0.15) is 26.5 Å². The molecule has 1 aromatic rings. The van der Waals surface area contributed by atoms with Gasteiger partial charge in [-0.05, 0) is 26.8 Å². The number of hydrogen-bond donors (Lipinski definition) is 0. The normalized spacial score (nSPS) is 12.6. The van der Waals surface area contributed by atoms with Gasteiger partial charge in [-0.15, -0.1) is 5.10 Å². The van der Waals surface area contributed by atoms with Crippen molar-refractivity contribution in [3.63, 3.8) is 0 Å². The number of carbonyl (C=O) groups excluding carboxylic acids is 1. The van der Waals surface area contributed by atoms with E-state index in [1.165, 1.54) is 0 Å². The summed E-state index contributed by atoms with van der Waals surface area (Å²) in [4.78, 5) is 11.6. The van der Waals surface area contributed by atoms with Crippen LogP contribution in [0.2, 0.25) is 19.6 Å². The predicted molar refractivity (Wildman–Crippen MR) is 72.6 cm³/mol. The van der Waals surface area contributed by atoms with Crippen molar-refractivity contribution in [1.29, 1.82) is 0 Å². The van der Waals surface area contributed by atoms with Crippen LogP contribution in [0.15, 0.2) is 6.20 Å². The SMILES string of the molecule is CC(C)(C)C(=O)OCn1cc(C[Si](C)(C)C)nn1. The molecule has 0 bridgehead atoms. The first kappa shape index (κ1) is 14.9. The molecule has 0 aliphatic carbocycles. The maximum Gasteiger partial charge on any atom is 0.313 e. The zero-order valence-electron chi connectivity index (χ0n) is 12.1. The van der Waals surface area contributed by atoms with E-state index in [-0.39, 0.29) is 12.7 Å². The summed E-state index contributed by atoms with van der Waals surface area (Å²) in [5, 5.41) is 8.06. The quantitative estimate of drug-likeness (QED) is 0.621. The molecule has 6 heteroatoms. The van der Waals surface area contributed by atoms with Crippen LogP contribution in [0.25, 0.3) is 0 Å². The molecule has 102 valence electrons. The Morgan fingerprint density at radius 1 is 1.39 bits per heavy atom. The van der Waals surface area contributed by atoms with Crippen LogP contribution in [0.3, 0.4) is 0 Å². The van der Waals surface area contributed by atoms with Gasteiger partial charge in [-0.2, -0.15) is 0 Å². The second-order valence-electron chi connectivity index (χ2n) is 6.80. The molecule has 0 fully saturated rings. The molecule has 0 amide bonds. The van der Waals surface area contributed by atoms with Gasteiger partial charge in [0.1, 0.15) is 0 Å². The van der Waals surface area contributed by atoms with Crippen molar-refractivity contribution in [3.05, 3.63) is 11.9 Å². The molecule has 1 aromatic heterocycles. The van der Waals surface area contributed by atoms with Crippen LogP contribution in [-0.4, -0.2) is 29.0 Å². The van der Waals surface area contributed by atoms with E-state index in [4.69, 9.17) is 4.74 Å². The lowest BCUT2D eigenvalue weighted by molar-refractivity contribution is -0.157. The Hall–Kier alpha value is -1.17. The molecule has 18 heavy (non-hydrogen) atoms. The fourth-order valence-corrected chi connectivity index (χ4v) is 2.62. The summed E-state index contributed by atoms with van der Waals surface area (Å²) in [6.07, 6.45) is 1.86. The number of rotatable bonds is 4. The smallest absolute Gasteiger partial charge is 0.313 e. The van der Waals surface area contributed by atoms with Crippen LogP contribution in [0, 0.1) is 5.41 Å². The lowest BCUT2D eigenvalue weighted by Gasteiger charge is -2.16. The number of esters is 1. The third-order valence-electron chi connectivity index (χ3n) is 2.24. The first-order chi connectivity index (χ1) is 8.08. The molecule has 0 spiro atoms. The second-order valence-corrected chi connectivity index (χ2v) is 12.3. The van der Waals surface area contributed by atoms with Gasteiger partial charge in [0.15, 0.2) is 6.73 Å². The van der Waals surface area contributed by atoms with Gasteiger partial charge in [0.2, 0.25) is 0 Å². The van der Waals surface area contributed by atoms with E-state index in [0.29, 0.717) is 0 Å². The van der Waals surface area contributed by atoms with Gasteiger partial charge in [0, 0.05) is 0 Å². The van der Waals surface area contributed by atoms with E-state index in [2.05, 4.69) is 30.0 Å². The predicted octanol–water partition coefficient (Wildman–Crippen LogP) is 2.24. The van der Waals surface area contributed by atoms with Crippen LogP contribution in [-0.2, 0) is 22.3 Å². The maximum absolute atomic E-state index is 11.6. The van der Waals surface area contributed by atoms with E-state index < -0.39 is 13.5 Å². The highest BCUT2D eigenvalue weighted by Crippen LogP contribution is 2.15. The molecular formula is C12H23N3O2Si. The zero-order valence-corrected chi connectivity index (χ0v) is 13.1. The van der Waals surface area contributed by atoms with Crippen LogP contribution in [0.4, 0.5) is 0 Å². The lowest BCUT2D eigenvalue weighted by atomic mass is 9.98. The Bertz CT molecular complexity index is 416. The first-order valence-corrected chi connectivity index (χ1v) is 9.85. The third kappa shape index (κ3) is 4.99. The standard InChI is InChI=1S/C12H23N3O2Si/c1-12(2,3)11(16)17-9-15-7-10(13-14-15)8-18(4,5)6/h7H,8-9H2,1-6H3. The van der Waals surface area contributed by atoms with E-state index in [1.54, 1.807) is 4.68 Å². The average molecular weight is 269 g/mol. The molecule has 0 saturated carbocycles. The highest BCUT2D eigenvalue weighted by molar-refractivity contribution is 6.75. The van der Waals surface area contributed by atoms with Gasteiger partial charge >= 0.3 is 5.97 Å². The van der Waals surface area contributed by atoms with Gasteiger partial charge < -0.3 is 4.74 Å². The highest BCUT2D eigenvalue weighted by Gasteiger charge is 2.23. The maximum atomic E-state index is 11.6. The minimum atomic E-state index is -1.18. The highest BCUT2D eigenvalue weighted by atomic mass is 28.3. The molecule has 0 aromatic carbocycles. The Balaban J connectivity index is 2.53. The zero-order chi connectivity index (χ0) is 14.0.